The molecular weight excluding hydrogens is 248 g/mol. The van der Waals surface area contributed by atoms with Crippen molar-refractivity contribution in [1.82, 2.24) is 15.1 Å². The van der Waals surface area contributed by atoms with Crippen molar-refractivity contribution in [1.29, 1.82) is 0 Å². The van der Waals surface area contributed by atoms with Gasteiger partial charge in [-0.05, 0) is 38.1 Å². The van der Waals surface area contributed by atoms with Gasteiger partial charge in [0, 0.05) is 30.5 Å². The summed E-state index contributed by atoms with van der Waals surface area (Å²) in [5, 5.41) is 7.21. The van der Waals surface area contributed by atoms with Crippen molar-refractivity contribution in [3.8, 4) is 0 Å². The number of aryl methyl sites for hydroxylation is 1. The highest BCUT2D eigenvalue weighted by Gasteiger charge is 2.14. The highest BCUT2D eigenvalue weighted by Crippen LogP contribution is 2.19. The number of nitrogens with zero attached hydrogens (tertiary/aromatic N) is 2. The molecule has 0 aliphatic heterocycles. The summed E-state index contributed by atoms with van der Waals surface area (Å²) in [6.07, 6.45) is 4.47. The first kappa shape index (κ1) is 13.7. The molecule has 0 saturated carbocycles. The molecular formula is C14H17F2N3. The van der Waals surface area contributed by atoms with E-state index in [1.165, 1.54) is 18.2 Å². The fourth-order valence-electron chi connectivity index (χ4n) is 2.02. The van der Waals surface area contributed by atoms with Gasteiger partial charge in [-0.15, -0.1) is 0 Å². The van der Waals surface area contributed by atoms with E-state index in [1.807, 2.05) is 16.9 Å². The zero-order valence-corrected chi connectivity index (χ0v) is 10.8. The van der Waals surface area contributed by atoms with Crippen LogP contribution in [0.3, 0.4) is 0 Å². The Balaban J connectivity index is 1.82. The maximum atomic E-state index is 13.5. The monoisotopic (exact) mass is 265 g/mol. The highest BCUT2D eigenvalue weighted by molar-refractivity contribution is 5.22. The Kier molecular flexibility index (Phi) is 4.63. The molecule has 3 nitrogen and oxygen atoms in total. The second kappa shape index (κ2) is 6.43. The molecule has 1 atom stereocenters. The van der Waals surface area contributed by atoms with Crippen LogP contribution in [0.5, 0.6) is 0 Å². The Bertz CT molecular complexity index is 491. The SMILES string of the molecule is CC(NCCCn1cccn1)c1c(F)cccc1F. The van der Waals surface area contributed by atoms with E-state index in [1.54, 1.807) is 13.1 Å². The first-order valence-corrected chi connectivity index (χ1v) is 6.33. The van der Waals surface area contributed by atoms with Crippen LogP contribution in [-0.2, 0) is 6.54 Å². The van der Waals surface area contributed by atoms with Gasteiger partial charge >= 0.3 is 0 Å². The van der Waals surface area contributed by atoms with E-state index in [-0.39, 0.29) is 11.6 Å². The van der Waals surface area contributed by atoms with E-state index >= 15 is 0 Å². The summed E-state index contributed by atoms with van der Waals surface area (Å²) in [7, 11) is 0. The van der Waals surface area contributed by atoms with Crippen LogP contribution in [0.25, 0.3) is 0 Å². The number of hydrogen-bond acceptors (Lipinski definition) is 2. The molecule has 2 aromatic rings. The van der Waals surface area contributed by atoms with Gasteiger partial charge in [0.05, 0.1) is 0 Å². The van der Waals surface area contributed by atoms with Gasteiger partial charge in [0.2, 0.25) is 0 Å². The number of rotatable bonds is 6. The largest absolute Gasteiger partial charge is 0.310 e. The molecule has 19 heavy (non-hydrogen) atoms. The smallest absolute Gasteiger partial charge is 0.130 e. The van der Waals surface area contributed by atoms with Crippen molar-refractivity contribution in [3.63, 3.8) is 0 Å². The minimum Gasteiger partial charge on any atom is -0.310 e. The molecule has 0 saturated heterocycles. The van der Waals surface area contributed by atoms with Crippen LogP contribution >= 0.6 is 0 Å². The van der Waals surface area contributed by atoms with Gasteiger partial charge < -0.3 is 5.32 Å². The number of nitrogens with one attached hydrogen (secondary N) is 1. The molecule has 0 amide bonds. The number of benzene rings is 1. The zero-order chi connectivity index (χ0) is 13.7. The Morgan fingerprint density at radius 2 is 2.00 bits per heavy atom. The van der Waals surface area contributed by atoms with Crippen LogP contribution < -0.4 is 5.32 Å². The van der Waals surface area contributed by atoms with Crippen molar-refractivity contribution in [3.05, 3.63) is 53.9 Å². The summed E-state index contributed by atoms with van der Waals surface area (Å²) in [6.45, 7) is 3.22. The van der Waals surface area contributed by atoms with E-state index in [0.717, 1.165) is 13.0 Å². The van der Waals surface area contributed by atoms with Crippen LogP contribution in [0.1, 0.15) is 24.9 Å². The lowest BCUT2D eigenvalue weighted by molar-refractivity contribution is 0.468. The van der Waals surface area contributed by atoms with E-state index in [4.69, 9.17) is 0 Å². The van der Waals surface area contributed by atoms with Gasteiger partial charge in [0.25, 0.3) is 0 Å². The molecule has 0 bridgehead atoms. The molecule has 1 N–H and O–H groups in total. The highest BCUT2D eigenvalue weighted by atomic mass is 19.1. The predicted molar refractivity (Wildman–Crippen MR) is 69.6 cm³/mol. The number of halogens is 2. The zero-order valence-electron chi connectivity index (χ0n) is 10.8. The van der Waals surface area contributed by atoms with Crippen molar-refractivity contribution in [2.75, 3.05) is 6.54 Å². The molecule has 0 aliphatic rings. The second-order valence-corrected chi connectivity index (χ2v) is 4.43. The van der Waals surface area contributed by atoms with Gasteiger partial charge in [-0.25, -0.2) is 8.78 Å². The molecule has 2 rings (SSSR count). The maximum absolute atomic E-state index is 13.5. The molecule has 0 radical (unpaired) electrons. The molecule has 1 heterocycles. The molecule has 5 heteroatoms. The summed E-state index contributed by atoms with van der Waals surface area (Å²) in [5.41, 5.74) is 0.0987. The van der Waals surface area contributed by atoms with Gasteiger partial charge in [-0.1, -0.05) is 6.07 Å². The van der Waals surface area contributed by atoms with Gasteiger partial charge in [-0.2, -0.15) is 5.10 Å². The normalized spacial score (nSPS) is 12.6. The number of hydrogen-bond donors (Lipinski definition) is 1. The minimum absolute atomic E-state index is 0.0987. The fraction of sp³-hybridized carbons (Fsp3) is 0.357. The molecule has 102 valence electrons. The average Bonchev–Trinajstić information content (AvgIpc) is 2.87. The minimum atomic E-state index is -0.507. The Hall–Kier alpha value is -1.75. The standard InChI is InChI=1S/C14H17F2N3/c1-11(14-12(15)5-2-6-13(14)16)17-7-3-9-19-10-4-8-18-19/h2,4-6,8,10-11,17H,3,7,9H2,1H3. The van der Waals surface area contributed by atoms with Crippen LogP contribution in [-0.4, -0.2) is 16.3 Å². The number of aromatic nitrogens is 2. The average molecular weight is 265 g/mol. The van der Waals surface area contributed by atoms with Gasteiger partial charge in [0.1, 0.15) is 11.6 Å². The van der Waals surface area contributed by atoms with Crippen LogP contribution in [0.4, 0.5) is 8.78 Å². The lowest BCUT2D eigenvalue weighted by Gasteiger charge is -2.15. The summed E-state index contributed by atoms with van der Waals surface area (Å²) in [5.74, 6) is -1.01. The molecule has 0 spiro atoms. The van der Waals surface area contributed by atoms with Crippen LogP contribution in [0.2, 0.25) is 0 Å². The quantitative estimate of drug-likeness (QED) is 0.814. The predicted octanol–water partition coefficient (Wildman–Crippen LogP) is 2.90. The van der Waals surface area contributed by atoms with E-state index in [9.17, 15) is 8.78 Å². The van der Waals surface area contributed by atoms with Crippen LogP contribution in [0, 0.1) is 11.6 Å². The summed E-state index contributed by atoms with van der Waals surface area (Å²) < 4.78 is 28.9. The maximum Gasteiger partial charge on any atom is 0.130 e. The lowest BCUT2D eigenvalue weighted by Crippen LogP contribution is -2.23. The Morgan fingerprint density at radius 3 is 2.63 bits per heavy atom. The first-order chi connectivity index (χ1) is 9.18. The van der Waals surface area contributed by atoms with Gasteiger partial charge in [0.15, 0.2) is 0 Å². The molecule has 0 aliphatic carbocycles. The summed E-state index contributed by atoms with van der Waals surface area (Å²) in [4.78, 5) is 0. The van der Waals surface area contributed by atoms with Crippen LogP contribution in [0.15, 0.2) is 36.7 Å². The van der Waals surface area contributed by atoms with Crippen molar-refractivity contribution < 1.29 is 8.78 Å². The van der Waals surface area contributed by atoms with Crippen molar-refractivity contribution in [2.24, 2.45) is 0 Å². The summed E-state index contributed by atoms with van der Waals surface area (Å²) in [6, 6.07) is 5.45. The van der Waals surface area contributed by atoms with Gasteiger partial charge in [-0.3, -0.25) is 4.68 Å². The third kappa shape index (κ3) is 3.61. The lowest BCUT2D eigenvalue weighted by atomic mass is 10.1. The third-order valence-corrected chi connectivity index (χ3v) is 3.01. The topological polar surface area (TPSA) is 29.9 Å². The van der Waals surface area contributed by atoms with E-state index < -0.39 is 11.6 Å². The fourth-order valence-corrected chi connectivity index (χ4v) is 2.02. The molecule has 0 fully saturated rings. The summed E-state index contributed by atoms with van der Waals surface area (Å²) >= 11 is 0. The van der Waals surface area contributed by atoms with E-state index in [0.29, 0.717) is 6.54 Å². The van der Waals surface area contributed by atoms with E-state index in [2.05, 4.69) is 10.4 Å². The third-order valence-electron chi connectivity index (χ3n) is 3.01. The van der Waals surface area contributed by atoms with Crippen molar-refractivity contribution in [2.45, 2.75) is 25.9 Å². The second-order valence-electron chi connectivity index (χ2n) is 4.43. The Labute approximate surface area is 111 Å². The molecule has 1 aromatic carbocycles. The Morgan fingerprint density at radius 1 is 1.26 bits per heavy atom. The molecule has 1 aromatic heterocycles. The molecule has 1 unspecified atom stereocenters. The first-order valence-electron chi connectivity index (χ1n) is 6.33. The van der Waals surface area contributed by atoms with Crippen molar-refractivity contribution >= 4 is 0 Å².